The number of nitrogens with two attached hydrogens (primary N) is 2. The molecular weight excluding hydrogens is 1730 g/mol. The van der Waals surface area contributed by atoms with Crippen LogP contribution in [0.25, 0.3) is 65.4 Å². The molecule has 16 rings (SSSR count). The number of ether oxygens (including phenoxy) is 2. The first-order valence-corrected chi connectivity index (χ1v) is 44.0. The highest BCUT2D eigenvalue weighted by molar-refractivity contribution is 6.17. The summed E-state index contributed by atoms with van der Waals surface area (Å²) in [6, 6.07) is 35.9. The molecule has 4 saturated heterocycles. The van der Waals surface area contributed by atoms with E-state index >= 15 is 13.2 Å². The van der Waals surface area contributed by atoms with E-state index in [-0.39, 0.29) is 39.1 Å². The fraction of sp³-hybridized carbons (Fsp3) is 0.385. The summed E-state index contributed by atoms with van der Waals surface area (Å²) < 4.78 is 97.1. The van der Waals surface area contributed by atoms with Crippen LogP contribution in [0.2, 0.25) is 0 Å². The molecule has 6 aliphatic rings. The molecule has 6 heterocycles. The Kier molecular flexibility index (Phi) is 24.3. The van der Waals surface area contributed by atoms with Crippen LogP contribution in [-0.2, 0) is 20.3 Å². The summed E-state index contributed by atoms with van der Waals surface area (Å²) >= 11 is 0. The Bertz CT molecular complexity index is 6750. The predicted octanol–water partition coefficient (Wildman–Crippen LogP) is 18.9. The number of fused-ring (bicyclic) bond motifs is 6. The van der Waals surface area contributed by atoms with Gasteiger partial charge in [0.2, 0.25) is 0 Å². The van der Waals surface area contributed by atoms with Crippen LogP contribution >= 0.6 is 0 Å². The van der Waals surface area contributed by atoms with Gasteiger partial charge >= 0.3 is 48.2 Å². The number of nitrogens with zero attached hydrogens (tertiary/aromatic N) is 4. The third-order valence-corrected chi connectivity index (χ3v) is 27.9. The molecule has 6 aliphatic heterocycles. The lowest BCUT2D eigenvalue weighted by atomic mass is 9.73. The minimum absolute atomic E-state index is 0.124. The van der Waals surface area contributed by atoms with E-state index < -0.39 is 148 Å². The van der Waals surface area contributed by atoms with Crippen LogP contribution in [0.3, 0.4) is 0 Å². The predicted molar refractivity (Wildman–Crippen MR) is 500 cm³/mol. The molecule has 30 heteroatoms. The number of piperidine rings is 4. The van der Waals surface area contributed by atoms with Crippen LogP contribution in [0, 0.1) is 0 Å². The Balaban J connectivity index is 0.000000181. The number of carboxylic acid groups (broad SMARTS) is 2. The molecule has 12 N–H and O–H groups in total. The summed E-state index contributed by atoms with van der Waals surface area (Å²) in [4.78, 5) is 98.0. The summed E-state index contributed by atoms with van der Waals surface area (Å²) in [6.45, 7) is 35.4. The summed E-state index contributed by atoms with van der Waals surface area (Å²) in [7, 11) is 1.85. The normalized spacial score (nSPS) is 19.7. The average molecular weight is 1840 g/mol. The summed E-state index contributed by atoms with van der Waals surface area (Å²) in [6.07, 6.45) is -4.92. The van der Waals surface area contributed by atoms with Crippen molar-refractivity contribution < 1.29 is 105 Å². The quantitative estimate of drug-likeness (QED) is 0.0152. The Morgan fingerprint density at radius 3 is 0.918 bits per heavy atom. The number of carboxylic acids is 2. The molecule has 706 valence electrons. The first kappa shape index (κ1) is 97.8. The zero-order valence-corrected chi connectivity index (χ0v) is 78.5. The minimum Gasteiger partial charge on any atom is -0.478 e. The SMILES string of the molecule is CC(c1ccc2c(c1)C(=O)OC2=O)(c1ccc2c(c1)C(=O)OC2=O)C(F)(F)F.CC1(C)CC(=c2c3ccc(N)cc3c(=C3CC(C)(C)N(O)C(C)(C)C3)c3ccc(N)cc23)CC(C)(C)N1O.CNc1ccc2c(=C3CC(C)(C)N(O)C(C)(C)C3)c3cc(NC(=O)c4ccc(C(C)(c5ccc(C(=O)O)c(C(C)=O)c5)C(F)(F)F)cc4C(=O)O)ccc3c(=C3CC(C)(C)N(O)C(C)(C)C3)c2c1. The molecular formula is C104H112F6N8O16. The van der Waals surface area contributed by atoms with E-state index in [0.717, 1.165) is 201 Å². The topological polar surface area (TPSA) is 365 Å². The first-order valence-electron chi connectivity index (χ1n) is 44.0. The van der Waals surface area contributed by atoms with E-state index in [1.807, 2.05) is 92.8 Å². The molecule has 1 atom stereocenters. The number of hydroxylamine groups is 8. The third kappa shape index (κ3) is 16.9. The molecule has 0 aliphatic carbocycles. The van der Waals surface area contributed by atoms with Gasteiger partial charge in [-0.25, -0.2) is 28.8 Å². The van der Waals surface area contributed by atoms with E-state index in [1.54, 1.807) is 6.07 Å². The second-order valence-electron chi connectivity index (χ2n) is 41.7. The number of hydrogen-bond donors (Lipinski definition) is 10. The van der Waals surface area contributed by atoms with Gasteiger partial charge in [0.25, 0.3) is 5.91 Å². The number of anilines is 4. The number of amides is 1. The van der Waals surface area contributed by atoms with Gasteiger partial charge in [-0.05, 0) is 366 Å². The van der Waals surface area contributed by atoms with Gasteiger partial charge in [0, 0.05) is 79.7 Å². The van der Waals surface area contributed by atoms with Crippen molar-refractivity contribution in [1.29, 1.82) is 0 Å². The van der Waals surface area contributed by atoms with Crippen LogP contribution in [0.1, 0.15) is 288 Å². The highest BCUT2D eigenvalue weighted by Crippen LogP contribution is 2.52. The van der Waals surface area contributed by atoms with E-state index in [9.17, 15) is 82.6 Å². The number of esters is 4. The lowest BCUT2D eigenvalue weighted by Crippen LogP contribution is -2.57. The zero-order valence-electron chi connectivity index (χ0n) is 78.5. The Morgan fingerprint density at radius 2 is 0.612 bits per heavy atom. The minimum atomic E-state index is -5.08. The fourth-order valence-electron chi connectivity index (χ4n) is 21.8. The number of benzene rings is 10. The fourth-order valence-corrected chi connectivity index (χ4v) is 21.8. The number of rotatable bonds is 10. The van der Waals surface area contributed by atoms with Gasteiger partial charge in [-0.3, -0.25) is 9.59 Å². The Labute approximate surface area is 770 Å². The summed E-state index contributed by atoms with van der Waals surface area (Å²) in [5, 5.41) is 89.3. The monoisotopic (exact) mass is 1840 g/mol. The van der Waals surface area contributed by atoms with Crippen LogP contribution in [0.5, 0.6) is 0 Å². The van der Waals surface area contributed by atoms with E-state index in [2.05, 4.69) is 112 Å². The number of aromatic carboxylic acids is 2. The molecule has 0 aromatic heterocycles. The van der Waals surface area contributed by atoms with Gasteiger partial charge < -0.3 is 62.6 Å². The van der Waals surface area contributed by atoms with Gasteiger partial charge in [0.1, 0.15) is 10.8 Å². The highest BCUT2D eigenvalue weighted by Gasteiger charge is 2.57. The maximum Gasteiger partial charge on any atom is 0.402 e. The largest absolute Gasteiger partial charge is 0.478 e. The number of Topliss-reactive ketones (excluding diaryl/α,β-unsaturated/α-hetero) is 1. The average Bonchev–Trinajstić information content (AvgIpc) is 0.891. The number of alkyl halides is 6. The van der Waals surface area contributed by atoms with Crippen molar-refractivity contribution in [2.24, 2.45) is 0 Å². The van der Waals surface area contributed by atoms with Crippen molar-refractivity contribution in [3.05, 3.63) is 233 Å². The van der Waals surface area contributed by atoms with Crippen LogP contribution < -0.4 is 43.0 Å². The zero-order chi connectivity index (χ0) is 98.9. The van der Waals surface area contributed by atoms with Crippen molar-refractivity contribution in [3.63, 3.8) is 0 Å². The van der Waals surface area contributed by atoms with Crippen molar-refractivity contribution >= 4 is 136 Å². The second-order valence-corrected chi connectivity index (χ2v) is 41.7. The number of hydrogen-bond acceptors (Lipinski definition) is 21. The van der Waals surface area contributed by atoms with Crippen molar-refractivity contribution in [2.45, 2.75) is 250 Å². The maximum absolute atomic E-state index is 15.3. The van der Waals surface area contributed by atoms with Gasteiger partial charge in [-0.1, -0.05) is 70.8 Å². The Morgan fingerprint density at radius 1 is 0.343 bits per heavy atom. The molecule has 0 saturated carbocycles. The third-order valence-electron chi connectivity index (χ3n) is 27.9. The van der Waals surface area contributed by atoms with Gasteiger partial charge in [0.05, 0.1) is 38.9 Å². The van der Waals surface area contributed by atoms with Gasteiger partial charge in [0.15, 0.2) is 5.78 Å². The van der Waals surface area contributed by atoms with Gasteiger partial charge in [-0.2, -0.15) is 46.6 Å². The van der Waals surface area contributed by atoms with Crippen LogP contribution in [0.4, 0.5) is 49.1 Å². The number of cyclic esters (lactones) is 4. The number of nitrogens with one attached hydrogen (secondary N) is 2. The lowest BCUT2D eigenvalue weighted by molar-refractivity contribution is -0.228. The first-order chi connectivity index (χ1) is 61.8. The Hall–Kier alpha value is -12.3. The van der Waals surface area contributed by atoms with Crippen molar-refractivity contribution in [3.8, 4) is 0 Å². The molecule has 134 heavy (non-hydrogen) atoms. The second kappa shape index (κ2) is 33.4. The van der Waals surface area contributed by atoms with E-state index in [1.165, 1.54) is 41.8 Å². The maximum atomic E-state index is 15.3. The number of ketones is 1. The number of halogens is 6. The molecule has 1 amide bonds. The molecule has 4 fully saturated rings. The highest BCUT2D eigenvalue weighted by atomic mass is 19.4. The molecule has 1 unspecified atom stereocenters. The van der Waals surface area contributed by atoms with E-state index in [4.69, 9.17) is 11.5 Å². The van der Waals surface area contributed by atoms with Gasteiger partial charge in [-0.15, -0.1) is 0 Å². The molecule has 0 bridgehead atoms. The number of nitrogen functional groups attached to an aromatic ring is 2. The number of carbonyl (C=O) groups is 8. The van der Waals surface area contributed by atoms with Crippen molar-refractivity contribution in [2.75, 3.05) is 29.1 Å². The summed E-state index contributed by atoms with van der Waals surface area (Å²) in [5.74, 6) is -8.78. The summed E-state index contributed by atoms with van der Waals surface area (Å²) in [5.41, 5.74) is 5.82. The van der Waals surface area contributed by atoms with Crippen LogP contribution in [0.15, 0.2) is 146 Å². The molecule has 0 radical (unpaired) electrons. The van der Waals surface area contributed by atoms with Crippen LogP contribution in [-0.4, -0.2) is 163 Å². The van der Waals surface area contributed by atoms with Crippen molar-refractivity contribution in [1.82, 2.24) is 20.3 Å². The molecule has 24 nitrogen and oxygen atoms in total. The van der Waals surface area contributed by atoms with E-state index in [0.29, 0.717) is 25.7 Å². The molecule has 0 spiro atoms. The number of carbonyl (C=O) groups excluding carboxylic acids is 6. The molecule has 10 aromatic carbocycles. The standard InChI is InChI=1S/C53H59F3N4O8.C32H44N4O2.C19H9F3O6/c1-28(61)39-20-31(13-17-38(39)46(63)64)52(10,53(54,55)56)32-12-16-37(42(21-32)47(65)66)45(62)58-34-15-19-36-41(23-34)44(30-26-50(6,7)60(68)51(8,9)27-30)35-18-14-33(57-11)22-40(35)43(36)29-24-48(2,3)59(67)49(4,5)25-29;1-29(2)15-19(16-30(3,4)35(29)37)27-23-11-9-22(34)14-26(23)28(24-12-10-21(33)13-25(24)27)20-17-31(5,6)36(38)32(7,8)18-20;1-18(19(20,21)22,8-2-4-10-12(6-8)16(25)27-14(10)23)9-3-5-11-13(7-9)17(26)28-15(11)24/h12-23,57,67-68H,24-27H2,1-11H3,(H,58,62)(H,63,64)(H,65,66);9-14,37-38H,15-18,33-34H2,1-8H3;2-7H,1H3. The lowest BCUT2D eigenvalue weighted by Gasteiger charge is -2.50. The molecule has 10 aromatic rings. The smallest absolute Gasteiger partial charge is 0.402 e.